The van der Waals surface area contributed by atoms with Crippen molar-refractivity contribution in [2.75, 3.05) is 6.54 Å². The van der Waals surface area contributed by atoms with Crippen LogP contribution in [0.4, 0.5) is 4.79 Å². The number of hydrogen-bond donors (Lipinski definition) is 3. The molecule has 27 heavy (non-hydrogen) atoms. The molecule has 0 unspecified atom stereocenters. The summed E-state index contributed by atoms with van der Waals surface area (Å²) in [4.78, 5) is 36.8. The van der Waals surface area contributed by atoms with Gasteiger partial charge in [0.15, 0.2) is 0 Å². The first kappa shape index (κ1) is 17.5. The van der Waals surface area contributed by atoms with E-state index in [-0.39, 0.29) is 24.3 Å². The van der Waals surface area contributed by atoms with Crippen LogP contribution in [0.25, 0.3) is 11.1 Å². The van der Waals surface area contributed by atoms with Crippen molar-refractivity contribution in [3.8, 4) is 11.1 Å². The molecule has 3 N–H and O–H groups in total. The average molecular weight is 384 g/mol. The van der Waals surface area contributed by atoms with Gasteiger partial charge in [0.2, 0.25) is 0 Å². The van der Waals surface area contributed by atoms with E-state index in [1.54, 1.807) is 24.3 Å². The Bertz CT molecular complexity index is 924. The van der Waals surface area contributed by atoms with Gasteiger partial charge in [-0.1, -0.05) is 41.9 Å². The highest BCUT2D eigenvalue weighted by Crippen LogP contribution is 2.41. The van der Waals surface area contributed by atoms with E-state index < -0.39 is 11.6 Å². The quantitative estimate of drug-likeness (QED) is 0.694. The minimum Gasteiger partial charge on any atom is -0.349 e. The predicted octanol–water partition coefficient (Wildman–Crippen LogP) is 2.73. The van der Waals surface area contributed by atoms with Crippen LogP contribution in [0, 0.1) is 5.92 Å². The average Bonchev–Trinajstić information content (AvgIpc) is 3.47. The molecule has 0 bridgehead atoms. The number of imide groups is 1. The van der Waals surface area contributed by atoms with E-state index in [4.69, 9.17) is 11.6 Å². The minimum absolute atomic E-state index is 0.0516. The maximum Gasteiger partial charge on any atom is 0.322 e. The minimum atomic E-state index is -1.05. The molecule has 0 radical (unpaired) electrons. The lowest BCUT2D eigenvalue weighted by atomic mass is 9.93. The van der Waals surface area contributed by atoms with Crippen LogP contribution in [0.5, 0.6) is 0 Å². The van der Waals surface area contributed by atoms with E-state index in [1.165, 1.54) is 0 Å². The van der Waals surface area contributed by atoms with Crippen LogP contribution in [-0.2, 0) is 4.79 Å². The molecule has 2 aromatic carbocycles. The van der Waals surface area contributed by atoms with Gasteiger partial charge >= 0.3 is 6.03 Å². The topological polar surface area (TPSA) is 87.3 Å². The Hall–Kier alpha value is -2.86. The Labute approximate surface area is 161 Å². The lowest BCUT2D eigenvalue weighted by Gasteiger charge is -2.26. The van der Waals surface area contributed by atoms with Gasteiger partial charge in [-0.2, -0.15) is 0 Å². The summed E-state index contributed by atoms with van der Waals surface area (Å²) in [5, 5.41) is 8.45. The highest BCUT2D eigenvalue weighted by Gasteiger charge is 2.56. The van der Waals surface area contributed by atoms with E-state index >= 15 is 0 Å². The molecule has 6 nitrogen and oxygen atoms in total. The zero-order chi connectivity index (χ0) is 19.0. The molecule has 4 amide bonds. The third-order valence-electron chi connectivity index (χ3n) is 5.10. The Morgan fingerprint density at radius 2 is 1.81 bits per heavy atom. The molecule has 2 aliphatic rings. The smallest absolute Gasteiger partial charge is 0.322 e. The number of amides is 4. The standard InChI is InChI=1S/C20H18ClN3O3/c21-14-9-5-12(6-10-14)15-3-1-2-4-16(15)17(25)22-11-20(13-7-8-13)18(26)23-19(27)24-20/h1-6,9-10,13H,7-8,11H2,(H,22,25)(H2,23,24,26,27)/t20-/m0/s1. The fourth-order valence-corrected chi connectivity index (χ4v) is 3.64. The first-order valence-electron chi connectivity index (χ1n) is 8.76. The van der Waals surface area contributed by atoms with Gasteiger partial charge in [-0.25, -0.2) is 4.79 Å². The van der Waals surface area contributed by atoms with Crippen LogP contribution in [-0.4, -0.2) is 29.9 Å². The van der Waals surface area contributed by atoms with Gasteiger partial charge in [0.05, 0.1) is 6.54 Å². The lowest BCUT2D eigenvalue weighted by molar-refractivity contribution is -0.124. The maximum absolute atomic E-state index is 12.9. The number of nitrogens with one attached hydrogen (secondary N) is 3. The number of hydrogen-bond acceptors (Lipinski definition) is 3. The fourth-order valence-electron chi connectivity index (χ4n) is 3.51. The number of benzene rings is 2. The van der Waals surface area contributed by atoms with Gasteiger partial charge in [-0.3, -0.25) is 14.9 Å². The highest BCUT2D eigenvalue weighted by atomic mass is 35.5. The summed E-state index contributed by atoms with van der Waals surface area (Å²) < 4.78 is 0. The van der Waals surface area contributed by atoms with Gasteiger partial charge < -0.3 is 10.6 Å². The summed E-state index contributed by atoms with van der Waals surface area (Å²) in [7, 11) is 0. The van der Waals surface area contributed by atoms with Gasteiger partial charge in [-0.15, -0.1) is 0 Å². The normalized spacial score (nSPS) is 21.5. The molecular formula is C20H18ClN3O3. The number of halogens is 1. The lowest BCUT2D eigenvalue weighted by Crippen LogP contribution is -2.57. The molecule has 2 fully saturated rings. The SMILES string of the molecule is O=C1NC(=O)[C@](CNC(=O)c2ccccc2-c2ccc(Cl)cc2)(C2CC2)N1. The summed E-state index contributed by atoms with van der Waals surface area (Å²) in [5.74, 6) is -0.619. The van der Waals surface area contributed by atoms with Crippen LogP contribution < -0.4 is 16.0 Å². The fraction of sp³-hybridized carbons (Fsp3) is 0.250. The molecule has 1 saturated carbocycles. The van der Waals surface area contributed by atoms with Crippen molar-refractivity contribution in [3.05, 3.63) is 59.1 Å². The summed E-state index contributed by atoms with van der Waals surface area (Å²) >= 11 is 5.95. The monoisotopic (exact) mass is 383 g/mol. The third kappa shape index (κ3) is 3.28. The summed E-state index contributed by atoms with van der Waals surface area (Å²) in [6.45, 7) is 0.0586. The molecule has 1 aliphatic carbocycles. The molecular weight excluding hydrogens is 366 g/mol. The Balaban J connectivity index is 1.56. The van der Waals surface area contributed by atoms with Crippen LogP contribution in [0.15, 0.2) is 48.5 Å². The molecule has 138 valence electrons. The van der Waals surface area contributed by atoms with Crippen LogP contribution in [0.2, 0.25) is 5.02 Å². The number of carbonyl (C=O) groups is 3. The highest BCUT2D eigenvalue weighted by molar-refractivity contribution is 6.30. The Morgan fingerprint density at radius 1 is 1.11 bits per heavy atom. The van der Waals surface area contributed by atoms with Crippen molar-refractivity contribution in [1.82, 2.24) is 16.0 Å². The van der Waals surface area contributed by atoms with E-state index in [0.29, 0.717) is 10.6 Å². The number of carbonyl (C=O) groups excluding carboxylic acids is 3. The second-order valence-electron chi connectivity index (χ2n) is 6.89. The van der Waals surface area contributed by atoms with Crippen molar-refractivity contribution in [1.29, 1.82) is 0 Å². The molecule has 1 heterocycles. The van der Waals surface area contributed by atoms with Crippen LogP contribution in [0.1, 0.15) is 23.2 Å². The molecule has 0 aromatic heterocycles. The van der Waals surface area contributed by atoms with Crippen LogP contribution >= 0.6 is 11.6 Å². The van der Waals surface area contributed by atoms with Crippen molar-refractivity contribution in [2.45, 2.75) is 18.4 Å². The molecule has 1 atom stereocenters. The predicted molar refractivity (Wildman–Crippen MR) is 101 cm³/mol. The first-order chi connectivity index (χ1) is 13.0. The molecule has 0 spiro atoms. The van der Waals surface area contributed by atoms with Crippen molar-refractivity contribution < 1.29 is 14.4 Å². The molecule has 7 heteroatoms. The largest absolute Gasteiger partial charge is 0.349 e. The van der Waals surface area contributed by atoms with Gasteiger partial charge in [0, 0.05) is 10.6 Å². The first-order valence-corrected chi connectivity index (χ1v) is 9.14. The summed E-state index contributed by atoms with van der Waals surface area (Å²) in [6.07, 6.45) is 1.70. The third-order valence-corrected chi connectivity index (χ3v) is 5.35. The molecule has 1 aliphatic heterocycles. The number of urea groups is 1. The van der Waals surface area contributed by atoms with E-state index in [2.05, 4.69) is 16.0 Å². The van der Waals surface area contributed by atoms with Crippen molar-refractivity contribution in [2.24, 2.45) is 5.92 Å². The number of rotatable bonds is 5. The molecule has 2 aromatic rings. The zero-order valence-electron chi connectivity index (χ0n) is 14.4. The summed E-state index contributed by atoms with van der Waals surface area (Å²) in [5.41, 5.74) is 1.08. The molecule has 1 saturated heterocycles. The Kier molecular flexibility index (Phi) is 4.36. The molecule has 4 rings (SSSR count). The van der Waals surface area contributed by atoms with Gasteiger partial charge in [0.1, 0.15) is 5.54 Å². The Morgan fingerprint density at radius 3 is 2.44 bits per heavy atom. The van der Waals surface area contributed by atoms with E-state index in [1.807, 2.05) is 24.3 Å². The van der Waals surface area contributed by atoms with Crippen molar-refractivity contribution >= 4 is 29.4 Å². The second kappa shape index (κ2) is 6.70. The zero-order valence-corrected chi connectivity index (χ0v) is 15.2. The van der Waals surface area contributed by atoms with Crippen molar-refractivity contribution in [3.63, 3.8) is 0 Å². The van der Waals surface area contributed by atoms with Crippen LogP contribution in [0.3, 0.4) is 0 Å². The summed E-state index contributed by atoms with van der Waals surface area (Å²) in [6, 6.07) is 14.0. The second-order valence-corrected chi connectivity index (χ2v) is 7.33. The van der Waals surface area contributed by atoms with Gasteiger partial charge in [-0.05, 0) is 48.1 Å². The van der Waals surface area contributed by atoms with E-state index in [0.717, 1.165) is 24.0 Å². The van der Waals surface area contributed by atoms with Gasteiger partial charge in [0.25, 0.3) is 11.8 Å². The van der Waals surface area contributed by atoms with E-state index in [9.17, 15) is 14.4 Å². The maximum atomic E-state index is 12.9.